The van der Waals surface area contributed by atoms with Gasteiger partial charge in [-0.3, -0.25) is 4.79 Å². The number of pyridine rings is 1. The van der Waals surface area contributed by atoms with E-state index in [-0.39, 0.29) is 46.2 Å². The van der Waals surface area contributed by atoms with Gasteiger partial charge in [-0.1, -0.05) is 17.7 Å². The van der Waals surface area contributed by atoms with E-state index in [0.29, 0.717) is 5.56 Å². The number of aryl methyl sites for hydroxylation is 1. The number of nitrogen functional groups attached to an aromatic ring is 2. The van der Waals surface area contributed by atoms with Crippen molar-refractivity contribution in [1.82, 2.24) is 9.88 Å². The molecule has 0 saturated heterocycles. The minimum absolute atomic E-state index is 0.0745. The molecule has 0 bridgehead atoms. The first-order chi connectivity index (χ1) is 16.9. The van der Waals surface area contributed by atoms with E-state index in [2.05, 4.69) is 4.98 Å². The Hall–Kier alpha value is -3.84. The summed E-state index contributed by atoms with van der Waals surface area (Å²) in [7, 11) is 0. The highest BCUT2D eigenvalue weighted by Crippen LogP contribution is 2.47. The lowest BCUT2D eigenvalue weighted by atomic mass is 9.86. The molecular formula is C25H20ClF4N5O. The van der Waals surface area contributed by atoms with Crippen LogP contribution >= 0.6 is 11.6 Å². The number of carbonyl (C=O) groups is 1. The summed E-state index contributed by atoms with van der Waals surface area (Å²) in [6.07, 6.45) is -3.27. The number of halogens is 5. The van der Waals surface area contributed by atoms with Gasteiger partial charge in [0.2, 0.25) is 0 Å². The number of benzene rings is 2. The van der Waals surface area contributed by atoms with Crippen molar-refractivity contribution in [3.63, 3.8) is 0 Å². The number of hydrogen-bond acceptors (Lipinski definition) is 5. The number of nitrogens with zero attached hydrogens (tertiary/aromatic N) is 3. The average Bonchev–Trinajstić information content (AvgIpc) is 2.79. The molecule has 0 spiro atoms. The van der Waals surface area contributed by atoms with Gasteiger partial charge < -0.3 is 16.4 Å². The molecule has 0 fully saturated rings. The van der Waals surface area contributed by atoms with E-state index >= 15 is 4.39 Å². The van der Waals surface area contributed by atoms with Crippen molar-refractivity contribution in [2.24, 2.45) is 0 Å². The zero-order chi connectivity index (χ0) is 26.5. The van der Waals surface area contributed by atoms with Crippen LogP contribution in [0, 0.1) is 24.1 Å². The van der Waals surface area contributed by atoms with Crippen LogP contribution in [0.3, 0.4) is 0 Å². The van der Waals surface area contributed by atoms with E-state index in [9.17, 15) is 23.2 Å². The molecule has 2 heterocycles. The Bertz CT molecular complexity index is 1450. The van der Waals surface area contributed by atoms with E-state index < -0.39 is 46.2 Å². The molecule has 6 nitrogen and oxygen atoms in total. The highest BCUT2D eigenvalue weighted by Gasteiger charge is 2.40. The van der Waals surface area contributed by atoms with Gasteiger partial charge in [0, 0.05) is 35.0 Å². The van der Waals surface area contributed by atoms with Crippen LogP contribution in [0.4, 0.5) is 29.1 Å². The second-order valence-electron chi connectivity index (χ2n) is 8.49. The molecule has 0 aliphatic carbocycles. The van der Waals surface area contributed by atoms with Crippen molar-refractivity contribution in [1.29, 1.82) is 5.26 Å². The second kappa shape index (κ2) is 8.99. The van der Waals surface area contributed by atoms with Crippen LogP contribution < -0.4 is 11.5 Å². The van der Waals surface area contributed by atoms with E-state index in [1.807, 2.05) is 0 Å². The van der Waals surface area contributed by atoms with Gasteiger partial charge in [0.25, 0.3) is 5.91 Å². The number of amides is 1. The molecule has 1 aliphatic rings. The molecule has 186 valence electrons. The Morgan fingerprint density at radius 2 is 1.94 bits per heavy atom. The number of aromatic nitrogens is 1. The Balaban J connectivity index is 1.91. The minimum Gasteiger partial charge on any atom is -0.398 e. The van der Waals surface area contributed by atoms with E-state index in [1.165, 1.54) is 18.0 Å². The summed E-state index contributed by atoms with van der Waals surface area (Å²) in [5.74, 6) is -1.49. The maximum absolute atomic E-state index is 15.6. The molecule has 2 aromatic carbocycles. The lowest BCUT2D eigenvalue weighted by Gasteiger charge is -2.35. The quantitative estimate of drug-likeness (QED) is 0.344. The van der Waals surface area contributed by atoms with Crippen LogP contribution in [-0.2, 0) is 12.6 Å². The summed E-state index contributed by atoms with van der Waals surface area (Å²) >= 11 is 6.50. The SMILES string of the molecule is Cc1cc(N)c(C#N)c(-c2c(F)cc3c(c2Cl)CCN([C@H](C)c2cccnc2N)C3=O)c1C(F)(F)F. The Kier molecular flexibility index (Phi) is 6.31. The maximum atomic E-state index is 15.6. The van der Waals surface area contributed by atoms with Gasteiger partial charge in [0.15, 0.2) is 0 Å². The Morgan fingerprint density at radius 1 is 1.25 bits per heavy atom. The molecule has 4 N–H and O–H groups in total. The summed E-state index contributed by atoms with van der Waals surface area (Å²) in [6, 6.07) is 6.42. The zero-order valence-electron chi connectivity index (χ0n) is 19.2. The van der Waals surface area contributed by atoms with Gasteiger partial charge in [-0.15, -0.1) is 0 Å². The van der Waals surface area contributed by atoms with Gasteiger partial charge in [-0.05, 0) is 49.6 Å². The lowest BCUT2D eigenvalue weighted by Crippen LogP contribution is -2.40. The highest BCUT2D eigenvalue weighted by atomic mass is 35.5. The number of hydrogen-bond donors (Lipinski definition) is 2. The molecule has 3 aromatic rings. The Morgan fingerprint density at radius 3 is 2.56 bits per heavy atom. The lowest BCUT2D eigenvalue weighted by molar-refractivity contribution is -0.137. The fourth-order valence-corrected chi connectivity index (χ4v) is 5.09. The summed E-state index contributed by atoms with van der Waals surface area (Å²) in [6.45, 7) is 3.06. The third kappa shape index (κ3) is 3.99. The van der Waals surface area contributed by atoms with Crippen molar-refractivity contribution in [2.75, 3.05) is 18.0 Å². The molecule has 11 heteroatoms. The summed E-state index contributed by atoms with van der Waals surface area (Å²) in [5, 5.41) is 9.23. The third-order valence-corrected chi connectivity index (χ3v) is 6.82. The average molecular weight is 518 g/mol. The number of carbonyl (C=O) groups excluding carboxylic acids is 1. The molecular weight excluding hydrogens is 498 g/mol. The summed E-state index contributed by atoms with van der Waals surface area (Å²) in [4.78, 5) is 18.8. The third-order valence-electron chi connectivity index (χ3n) is 6.40. The van der Waals surface area contributed by atoms with Crippen molar-refractivity contribution in [2.45, 2.75) is 32.5 Å². The topological polar surface area (TPSA) is 109 Å². The number of fused-ring (bicyclic) bond motifs is 1. The van der Waals surface area contributed by atoms with Crippen molar-refractivity contribution in [3.05, 3.63) is 74.7 Å². The van der Waals surface area contributed by atoms with Crippen LogP contribution in [0.2, 0.25) is 5.02 Å². The van der Waals surface area contributed by atoms with Gasteiger partial charge in [-0.2, -0.15) is 18.4 Å². The van der Waals surface area contributed by atoms with E-state index in [0.717, 1.165) is 12.1 Å². The fraction of sp³-hybridized carbons (Fsp3) is 0.240. The van der Waals surface area contributed by atoms with Crippen LogP contribution in [0.5, 0.6) is 0 Å². The number of anilines is 2. The van der Waals surface area contributed by atoms with Gasteiger partial charge in [0.1, 0.15) is 17.7 Å². The highest BCUT2D eigenvalue weighted by molar-refractivity contribution is 6.35. The smallest absolute Gasteiger partial charge is 0.398 e. The number of rotatable bonds is 3. The monoisotopic (exact) mass is 517 g/mol. The molecule has 1 aromatic heterocycles. The number of nitrogens with two attached hydrogens (primary N) is 2. The first kappa shape index (κ1) is 25.3. The molecule has 0 unspecified atom stereocenters. The van der Waals surface area contributed by atoms with E-state index in [4.69, 9.17) is 23.1 Å². The molecule has 0 saturated carbocycles. The Labute approximate surface area is 209 Å². The largest absolute Gasteiger partial charge is 0.417 e. The van der Waals surface area contributed by atoms with Crippen LogP contribution in [0.15, 0.2) is 30.5 Å². The van der Waals surface area contributed by atoms with E-state index in [1.54, 1.807) is 25.1 Å². The normalized spacial score (nSPS) is 14.4. The molecule has 0 radical (unpaired) electrons. The second-order valence-corrected chi connectivity index (χ2v) is 8.87. The summed E-state index contributed by atoms with van der Waals surface area (Å²) in [5.41, 5.74) is 8.86. The van der Waals surface area contributed by atoms with Crippen molar-refractivity contribution < 1.29 is 22.4 Å². The minimum atomic E-state index is -4.92. The van der Waals surface area contributed by atoms with Crippen LogP contribution in [0.25, 0.3) is 11.1 Å². The molecule has 1 atom stereocenters. The molecule has 36 heavy (non-hydrogen) atoms. The van der Waals surface area contributed by atoms with Crippen molar-refractivity contribution >= 4 is 29.0 Å². The molecule has 1 aliphatic heterocycles. The molecule has 1 amide bonds. The predicted molar refractivity (Wildman–Crippen MR) is 128 cm³/mol. The number of nitriles is 1. The first-order valence-corrected chi connectivity index (χ1v) is 11.2. The van der Waals surface area contributed by atoms with Gasteiger partial charge >= 0.3 is 6.18 Å². The molecule has 4 rings (SSSR count). The van der Waals surface area contributed by atoms with Gasteiger partial charge in [0.05, 0.1) is 27.9 Å². The van der Waals surface area contributed by atoms with Crippen LogP contribution in [0.1, 0.15) is 51.1 Å². The first-order valence-electron chi connectivity index (χ1n) is 10.8. The zero-order valence-corrected chi connectivity index (χ0v) is 19.9. The standard InChI is InChI=1S/C25H20ClF4N5O/c1-11-8-18(32)16(10-31)19(21(11)25(28,29)30)20-17(27)9-15-14(22(20)26)5-7-35(24(15)36)12(2)13-4-3-6-34-23(13)33/h3-4,6,8-9,12H,5,7,32H2,1-2H3,(H2,33,34)/t12-/m1/s1. The predicted octanol–water partition coefficient (Wildman–Crippen LogP) is 5.66. The van der Waals surface area contributed by atoms with Crippen molar-refractivity contribution in [3.8, 4) is 17.2 Å². The fourth-order valence-electron chi connectivity index (χ4n) is 4.71. The van der Waals surface area contributed by atoms with Crippen LogP contribution in [-0.4, -0.2) is 22.3 Å². The summed E-state index contributed by atoms with van der Waals surface area (Å²) < 4.78 is 57.7. The maximum Gasteiger partial charge on any atom is 0.417 e. The number of alkyl halides is 3. The van der Waals surface area contributed by atoms with Gasteiger partial charge in [-0.25, -0.2) is 9.37 Å².